The standard InChI is InChI=1S/C16H15ClN4O/c1-21(10-12-4-2-6-14(17)8-12)11-15-19-16(20-22-15)13-5-3-7-18-9-13/h2-9H,10-11H2,1H3. The minimum absolute atomic E-state index is 0.555. The summed E-state index contributed by atoms with van der Waals surface area (Å²) in [6, 6.07) is 11.5. The van der Waals surface area contributed by atoms with Gasteiger partial charge in [-0.1, -0.05) is 28.9 Å². The first-order chi connectivity index (χ1) is 10.7. The molecule has 0 aliphatic carbocycles. The number of pyridine rings is 1. The van der Waals surface area contributed by atoms with Crippen LogP contribution in [0.1, 0.15) is 11.5 Å². The minimum atomic E-state index is 0.555. The van der Waals surface area contributed by atoms with Gasteiger partial charge in [0.05, 0.1) is 6.54 Å². The van der Waals surface area contributed by atoms with Crippen molar-refractivity contribution in [2.75, 3.05) is 7.05 Å². The number of halogens is 1. The van der Waals surface area contributed by atoms with E-state index in [2.05, 4.69) is 20.0 Å². The number of aromatic nitrogens is 3. The van der Waals surface area contributed by atoms with E-state index in [0.717, 1.165) is 22.7 Å². The second-order valence-electron chi connectivity index (χ2n) is 5.06. The minimum Gasteiger partial charge on any atom is -0.338 e. The smallest absolute Gasteiger partial charge is 0.241 e. The molecule has 0 atom stereocenters. The fraction of sp³-hybridized carbons (Fsp3) is 0.188. The molecule has 0 aliphatic rings. The Hall–Kier alpha value is -2.24. The zero-order chi connectivity index (χ0) is 15.4. The summed E-state index contributed by atoms with van der Waals surface area (Å²) in [6.07, 6.45) is 3.42. The molecule has 2 aromatic heterocycles. The van der Waals surface area contributed by atoms with Crippen LogP contribution in [-0.2, 0) is 13.1 Å². The topological polar surface area (TPSA) is 55.1 Å². The van der Waals surface area contributed by atoms with Crippen LogP contribution in [0.5, 0.6) is 0 Å². The average Bonchev–Trinajstić information content (AvgIpc) is 2.96. The summed E-state index contributed by atoms with van der Waals surface area (Å²) in [7, 11) is 1.99. The van der Waals surface area contributed by atoms with Crippen molar-refractivity contribution >= 4 is 11.6 Å². The summed E-state index contributed by atoms with van der Waals surface area (Å²) in [4.78, 5) is 10.5. The second kappa shape index (κ2) is 6.68. The number of nitrogens with zero attached hydrogens (tertiary/aromatic N) is 4. The fourth-order valence-corrected chi connectivity index (χ4v) is 2.38. The van der Waals surface area contributed by atoms with Gasteiger partial charge < -0.3 is 4.52 Å². The molecule has 0 saturated carbocycles. The highest BCUT2D eigenvalue weighted by Crippen LogP contribution is 2.16. The number of rotatable bonds is 5. The molecule has 0 amide bonds. The molecule has 0 fully saturated rings. The molecule has 0 aliphatic heterocycles. The van der Waals surface area contributed by atoms with Gasteiger partial charge >= 0.3 is 0 Å². The van der Waals surface area contributed by atoms with Crippen molar-refractivity contribution in [2.45, 2.75) is 13.1 Å². The molecule has 0 radical (unpaired) electrons. The first-order valence-corrected chi connectivity index (χ1v) is 7.24. The van der Waals surface area contributed by atoms with E-state index in [-0.39, 0.29) is 0 Å². The van der Waals surface area contributed by atoms with Gasteiger partial charge in [-0.3, -0.25) is 9.88 Å². The van der Waals surface area contributed by atoms with Crippen molar-refractivity contribution in [1.82, 2.24) is 20.0 Å². The third kappa shape index (κ3) is 3.69. The van der Waals surface area contributed by atoms with Gasteiger partial charge in [0.15, 0.2) is 0 Å². The Labute approximate surface area is 133 Å². The summed E-state index contributed by atoms with van der Waals surface area (Å²) in [5.41, 5.74) is 1.98. The lowest BCUT2D eigenvalue weighted by Gasteiger charge is -2.14. The van der Waals surface area contributed by atoms with Gasteiger partial charge in [0, 0.05) is 29.5 Å². The fourth-order valence-electron chi connectivity index (χ4n) is 2.17. The third-order valence-corrected chi connectivity index (χ3v) is 3.37. The predicted octanol–water partition coefficient (Wildman–Crippen LogP) is 3.42. The molecule has 0 unspecified atom stereocenters. The quantitative estimate of drug-likeness (QED) is 0.722. The van der Waals surface area contributed by atoms with Crippen LogP contribution >= 0.6 is 11.6 Å². The van der Waals surface area contributed by atoms with E-state index in [0.29, 0.717) is 18.3 Å². The lowest BCUT2D eigenvalue weighted by molar-refractivity contribution is 0.261. The van der Waals surface area contributed by atoms with Crippen molar-refractivity contribution in [3.63, 3.8) is 0 Å². The molecule has 3 aromatic rings. The molecule has 0 spiro atoms. The Kier molecular flexibility index (Phi) is 4.46. The maximum atomic E-state index is 5.99. The molecule has 6 heteroatoms. The van der Waals surface area contributed by atoms with Crippen LogP contribution < -0.4 is 0 Å². The maximum Gasteiger partial charge on any atom is 0.241 e. The highest BCUT2D eigenvalue weighted by molar-refractivity contribution is 6.30. The summed E-state index contributed by atoms with van der Waals surface area (Å²) < 4.78 is 5.29. The molecular formula is C16H15ClN4O. The Morgan fingerprint density at radius 3 is 2.86 bits per heavy atom. The zero-order valence-electron chi connectivity index (χ0n) is 12.1. The van der Waals surface area contributed by atoms with Crippen molar-refractivity contribution in [2.24, 2.45) is 0 Å². The lowest BCUT2D eigenvalue weighted by atomic mass is 10.2. The van der Waals surface area contributed by atoms with E-state index in [4.69, 9.17) is 16.1 Å². The number of hydrogen-bond donors (Lipinski definition) is 0. The highest BCUT2D eigenvalue weighted by Gasteiger charge is 2.11. The summed E-state index contributed by atoms with van der Waals surface area (Å²) >= 11 is 5.99. The van der Waals surface area contributed by atoms with Crippen LogP contribution in [0.15, 0.2) is 53.3 Å². The summed E-state index contributed by atoms with van der Waals surface area (Å²) in [5.74, 6) is 1.13. The van der Waals surface area contributed by atoms with Crippen LogP contribution in [-0.4, -0.2) is 27.1 Å². The van der Waals surface area contributed by atoms with Gasteiger partial charge in [0.25, 0.3) is 0 Å². The van der Waals surface area contributed by atoms with Gasteiger partial charge in [0.2, 0.25) is 11.7 Å². The van der Waals surface area contributed by atoms with Crippen LogP contribution in [0.2, 0.25) is 5.02 Å². The van der Waals surface area contributed by atoms with Crippen LogP contribution in [0.4, 0.5) is 0 Å². The summed E-state index contributed by atoms with van der Waals surface area (Å²) in [5, 5.41) is 4.73. The Morgan fingerprint density at radius 1 is 1.18 bits per heavy atom. The zero-order valence-corrected chi connectivity index (χ0v) is 12.9. The van der Waals surface area contributed by atoms with E-state index in [9.17, 15) is 0 Å². The Balaban J connectivity index is 1.65. The molecule has 0 bridgehead atoms. The second-order valence-corrected chi connectivity index (χ2v) is 5.49. The van der Waals surface area contributed by atoms with Crippen LogP contribution in [0.3, 0.4) is 0 Å². The molecule has 2 heterocycles. The van der Waals surface area contributed by atoms with E-state index in [1.165, 1.54) is 0 Å². The van der Waals surface area contributed by atoms with Gasteiger partial charge in [-0.2, -0.15) is 4.98 Å². The third-order valence-electron chi connectivity index (χ3n) is 3.13. The molecule has 1 aromatic carbocycles. The van der Waals surface area contributed by atoms with Crippen molar-refractivity contribution < 1.29 is 4.52 Å². The lowest BCUT2D eigenvalue weighted by Crippen LogP contribution is -2.17. The normalized spacial score (nSPS) is 11.0. The summed E-state index contributed by atoms with van der Waals surface area (Å²) in [6.45, 7) is 1.32. The molecule has 22 heavy (non-hydrogen) atoms. The van der Waals surface area contributed by atoms with Crippen LogP contribution in [0.25, 0.3) is 11.4 Å². The van der Waals surface area contributed by atoms with Crippen molar-refractivity contribution in [1.29, 1.82) is 0 Å². The predicted molar refractivity (Wildman–Crippen MR) is 84.2 cm³/mol. The van der Waals surface area contributed by atoms with E-state index < -0.39 is 0 Å². The molecular weight excluding hydrogens is 300 g/mol. The average molecular weight is 315 g/mol. The maximum absolute atomic E-state index is 5.99. The molecule has 5 nitrogen and oxygen atoms in total. The highest BCUT2D eigenvalue weighted by atomic mass is 35.5. The van der Waals surface area contributed by atoms with Gasteiger partial charge in [-0.25, -0.2) is 0 Å². The van der Waals surface area contributed by atoms with Crippen molar-refractivity contribution in [3.05, 3.63) is 65.3 Å². The first kappa shape index (κ1) is 14.7. The Bertz CT molecular complexity index is 745. The largest absolute Gasteiger partial charge is 0.338 e. The Morgan fingerprint density at radius 2 is 2.09 bits per heavy atom. The SMILES string of the molecule is CN(Cc1cccc(Cl)c1)Cc1nc(-c2cccnc2)no1. The first-order valence-electron chi connectivity index (χ1n) is 6.87. The van der Waals surface area contributed by atoms with Gasteiger partial charge in [-0.05, 0) is 36.9 Å². The van der Waals surface area contributed by atoms with Crippen LogP contribution in [0, 0.1) is 0 Å². The van der Waals surface area contributed by atoms with Gasteiger partial charge in [-0.15, -0.1) is 0 Å². The molecule has 0 N–H and O–H groups in total. The van der Waals surface area contributed by atoms with E-state index in [1.54, 1.807) is 12.4 Å². The molecule has 112 valence electrons. The van der Waals surface area contributed by atoms with Crippen molar-refractivity contribution in [3.8, 4) is 11.4 Å². The van der Waals surface area contributed by atoms with Gasteiger partial charge in [0.1, 0.15) is 0 Å². The number of benzene rings is 1. The van der Waals surface area contributed by atoms with E-state index in [1.807, 2.05) is 43.4 Å². The number of hydrogen-bond acceptors (Lipinski definition) is 5. The van der Waals surface area contributed by atoms with E-state index >= 15 is 0 Å². The monoisotopic (exact) mass is 314 g/mol. The molecule has 0 saturated heterocycles. The molecule has 3 rings (SSSR count).